The first kappa shape index (κ1) is 14.3. The van der Waals surface area contributed by atoms with E-state index >= 15 is 0 Å². The summed E-state index contributed by atoms with van der Waals surface area (Å²) in [4.78, 5) is 11.5. The number of fused-ring (bicyclic) bond motifs is 1. The Kier molecular flexibility index (Phi) is 3.92. The molecular weight excluding hydrogens is 272 g/mol. The molecular formula is C20H18O2. The predicted molar refractivity (Wildman–Crippen MR) is 89.2 cm³/mol. The smallest absolute Gasteiger partial charge is 0.337 e. The van der Waals surface area contributed by atoms with Crippen molar-refractivity contribution < 1.29 is 9.53 Å². The van der Waals surface area contributed by atoms with Gasteiger partial charge >= 0.3 is 5.97 Å². The van der Waals surface area contributed by atoms with Crippen LogP contribution in [0.15, 0.2) is 66.7 Å². The van der Waals surface area contributed by atoms with Crippen molar-refractivity contribution in [2.45, 2.75) is 12.8 Å². The fourth-order valence-corrected chi connectivity index (χ4v) is 2.83. The standard InChI is InChI=1S/C20H18O2/c1-14(15-10-12-17(13-11-15)20(21)22-2)18-9-5-7-16-6-3-4-8-19(16)18/h3-14H,1-2H3. The van der Waals surface area contributed by atoms with Gasteiger partial charge in [0.15, 0.2) is 0 Å². The highest BCUT2D eigenvalue weighted by atomic mass is 16.5. The van der Waals surface area contributed by atoms with Crippen molar-refractivity contribution in [1.82, 2.24) is 0 Å². The molecule has 3 rings (SSSR count). The number of rotatable bonds is 3. The molecule has 2 nitrogen and oxygen atoms in total. The van der Waals surface area contributed by atoms with E-state index in [1.807, 2.05) is 24.3 Å². The van der Waals surface area contributed by atoms with Crippen molar-refractivity contribution in [2.24, 2.45) is 0 Å². The Hall–Kier alpha value is -2.61. The number of ether oxygens (including phenoxy) is 1. The van der Waals surface area contributed by atoms with Crippen LogP contribution in [0.1, 0.15) is 34.3 Å². The minimum Gasteiger partial charge on any atom is -0.465 e. The molecule has 3 aromatic rings. The summed E-state index contributed by atoms with van der Waals surface area (Å²) in [5.41, 5.74) is 3.06. The molecule has 0 aliphatic carbocycles. The van der Waals surface area contributed by atoms with Gasteiger partial charge in [0.2, 0.25) is 0 Å². The van der Waals surface area contributed by atoms with Gasteiger partial charge in [0.25, 0.3) is 0 Å². The second-order valence-corrected chi connectivity index (χ2v) is 5.40. The lowest BCUT2D eigenvalue weighted by molar-refractivity contribution is 0.0600. The van der Waals surface area contributed by atoms with Gasteiger partial charge in [-0.05, 0) is 34.0 Å². The summed E-state index contributed by atoms with van der Waals surface area (Å²) >= 11 is 0. The quantitative estimate of drug-likeness (QED) is 0.649. The van der Waals surface area contributed by atoms with Crippen molar-refractivity contribution in [2.75, 3.05) is 7.11 Å². The summed E-state index contributed by atoms with van der Waals surface area (Å²) in [6.07, 6.45) is 0. The maximum Gasteiger partial charge on any atom is 0.337 e. The number of benzene rings is 3. The summed E-state index contributed by atoms with van der Waals surface area (Å²) in [6.45, 7) is 2.19. The van der Waals surface area contributed by atoms with Gasteiger partial charge in [-0.3, -0.25) is 0 Å². The Morgan fingerprint density at radius 2 is 1.59 bits per heavy atom. The van der Waals surface area contributed by atoms with Crippen LogP contribution in [0.5, 0.6) is 0 Å². The Balaban J connectivity index is 1.99. The average molecular weight is 290 g/mol. The lowest BCUT2D eigenvalue weighted by atomic mass is 9.89. The molecule has 1 unspecified atom stereocenters. The molecule has 0 amide bonds. The van der Waals surface area contributed by atoms with E-state index in [1.165, 1.54) is 29.0 Å². The van der Waals surface area contributed by atoms with Crippen molar-refractivity contribution in [3.63, 3.8) is 0 Å². The number of methoxy groups -OCH3 is 1. The highest BCUT2D eigenvalue weighted by Gasteiger charge is 2.12. The Bertz CT molecular complexity index is 798. The van der Waals surface area contributed by atoms with E-state index in [0.717, 1.165) is 0 Å². The third-order valence-corrected chi connectivity index (χ3v) is 4.12. The Labute approximate surface area is 130 Å². The Morgan fingerprint density at radius 3 is 2.32 bits per heavy atom. The van der Waals surface area contributed by atoms with Gasteiger partial charge in [0, 0.05) is 5.92 Å². The topological polar surface area (TPSA) is 26.3 Å². The minimum absolute atomic E-state index is 0.262. The van der Waals surface area contributed by atoms with E-state index in [1.54, 1.807) is 0 Å². The highest BCUT2D eigenvalue weighted by Crippen LogP contribution is 2.30. The molecule has 1 atom stereocenters. The molecule has 110 valence electrons. The van der Waals surface area contributed by atoms with Gasteiger partial charge in [-0.2, -0.15) is 0 Å². The largest absolute Gasteiger partial charge is 0.465 e. The van der Waals surface area contributed by atoms with Gasteiger partial charge in [0.05, 0.1) is 12.7 Å². The number of carbonyl (C=O) groups is 1. The van der Waals surface area contributed by atoms with Gasteiger partial charge in [-0.15, -0.1) is 0 Å². The van der Waals surface area contributed by atoms with Crippen LogP contribution >= 0.6 is 0 Å². The summed E-state index contributed by atoms with van der Waals surface area (Å²) in [7, 11) is 1.40. The van der Waals surface area contributed by atoms with Crippen LogP contribution in [-0.4, -0.2) is 13.1 Å². The summed E-state index contributed by atoms with van der Waals surface area (Å²) < 4.78 is 4.74. The summed E-state index contributed by atoms with van der Waals surface area (Å²) in [6, 6.07) is 22.4. The van der Waals surface area contributed by atoms with Gasteiger partial charge in [-0.1, -0.05) is 61.5 Å². The molecule has 0 heterocycles. The molecule has 0 aromatic heterocycles. The molecule has 2 heteroatoms. The second-order valence-electron chi connectivity index (χ2n) is 5.40. The molecule has 0 saturated carbocycles. The maximum absolute atomic E-state index is 11.5. The molecule has 0 radical (unpaired) electrons. The van der Waals surface area contributed by atoms with Gasteiger partial charge < -0.3 is 4.74 Å². The predicted octanol–water partition coefficient (Wildman–Crippen LogP) is 4.78. The lowest BCUT2D eigenvalue weighted by Crippen LogP contribution is -2.02. The van der Waals surface area contributed by atoms with Crippen LogP contribution in [0.25, 0.3) is 10.8 Å². The number of esters is 1. The van der Waals surface area contributed by atoms with Crippen LogP contribution in [0.4, 0.5) is 0 Å². The number of hydrogen-bond donors (Lipinski definition) is 0. The zero-order valence-electron chi connectivity index (χ0n) is 12.7. The molecule has 0 saturated heterocycles. The van der Waals surface area contributed by atoms with Gasteiger partial charge in [-0.25, -0.2) is 4.79 Å². The van der Waals surface area contributed by atoms with Crippen molar-refractivity contribution in [1.29, 1.82) is 0 Å². The SMILES string of the molecule is COC(=O)c1ccc(C(C)c2cccc3ccccc23)cc1. The van der Waals surface area contributed by atoms with Crippen molar-refractivity contribution in [3.8, 4) is 0 Å². The molecule has 0 aliphatic rings. The number of carbonyl (C=O) groups excluding carboxylic acids is 1. The first-order valence-electron chi connectivity index (χ1n) is 7.36. The van der Waals surface area contributed by atoms with E-state index in [2.05, 4.69) is 49.4 Å². The zero-order chi connectivity index (χ0) is 15.5. The van der Waals surface area contributed by atoms with E-state index in [9.17, 15) is 4.79 Å². The maximum atomic E-state index is 11.5. The molecule has 3 aromatic carbocycles. The van der Waals surface area contributed by atoms with Crippen LogP contribution in [-0.2, 0) is 4.74 Å². The van der Waals surface area contributed by atoms with Gasteiger partial charge in [0.1, 0.15) is 0 Å². The van der Waals surface area contributed by atoms with Crippen molar-refractivity contribution >= 4 is 16.7 Å². The fourth-order valence-electron chi connectivity index (χ4n) is 2.83. The lowest BCUT2D eigenvalue weighted by Gasteiger charge is -2.15. The van der Waals surface area contributed by atoms with Crippen LogP contribution in [0.3, 0.4) is 0 Å². The molecule has 0 N–H and O–H groups in total. The molecule has 0 aliphatic heterocycles. The van der Waals surface area contributed by atoms with E-state index in [-0.39, 0.29) is 11.9 Å². The summed E-state index contributed by atoms with van der Waals surface area (Å²) in [5, 5.41) is 2.52. The van der Waals surface area contributed by atoms with Crippen LogP contribution in [0.2, 0.25) is 0 Å². The summed E-state index contributed by atoms with van der Waals surface area (Å²) in [5.74, 6) is -0.0397. The third kappa shape index (κ3) is 2.60. The third-order valence-electron chi connectivity index (χ3n) is 4.12. The molecule has 0 fully saturated rings. The van der Waals surface area contributed by atoms with Crippen molar-refractivity contribution in [3.05, 3.63) is 83.4 Å². The zero-order valence-corrected chi connectivity index (χ0v) is 12.7. The van der Waals surface area contributed by atoms with E-state index in [4.69, 9.17) is 4.74 Å². The highest BCUT2D eigenvalue weighted by molar-refractivity contribution is 5.89. The Morgan fingerprint density at radius 1 is 0.909 bits per heavy atom. The molecule has 0 bridgehead atoms. The minimum atomic E-state index is -0.302. The number of hydrogen-bond acceptors (Lipinski definition) is 2. The molecule has 0 spiro atoms. The fraction of sp³-hybridized carbons (Fsp3) is 0.150. The first-order valence-corrected chi connectivity index (χ1v) is 7.36. The van der Waals surface area contributed by atoms with E-state index < -0.39 is 0 Å². The van der Waals surface area contributed by atoms with Crippen LogP contribution < -0.4 is 0 Å². The first-order chi connectivity index (χ1) is 10.7. The average Bonchev–Trinajstić information content (AvgIpc) is 2.60. The monoisotopic (exact) mass is 290 g/mol. The second kappa shape index (κ2) is 6.02. The van der Waals surface area contributed by atoms with Crippen LogP contribution in [0, 0.1) is 0 Å². The molecule has 22 heavy (non-hydrogen) atoms. The van der Waals surface area contributed by atoms with E-state index in [0.29, 0.717) is 5.56 Å². The normalized spacial score (nSPS) is 12.1.